The van der Waals surface area contributed by atoms with Crippen molar-refractivity contribution in [2.24, 2.45) is 12.8 Å². The van der Waals surface area contributed by atoms with Crippen molar-refractivity contribution < 1.29 is 18.0 Å². The number of aromatic nitrogens is 2. The number of nitrogens with one attached hydrogen (secondary N) is 1. The van der Waals surface area contributed by atoms with Crippen LogP contribution in [0.4, 0.5) is 18.9 Å². The summed E-state index contributed by atoms with van der Waals surface area (Å²) in [6.45, 7) is 2.23. The van der Waals surface area contributed by atoms with Crippen LogP contribution in [0.3, 0.4) is 0 Å². The van der Waals surface area contributed by atoms with Gasteiger partial charge in [-0.1, -0.05) is 0 Å². The van der Waals surface area contributed by atoms with E-state index in [1.165, 1.54) is 30.8 Å². The first-order valence-electron chi connectivity index (χ1n) is 7.19. The zero-order valence-electron chi connectivity index (χ0n) is 13.8. The van der Waals surface area contributed by atoms with Gasteiger partial charge in [-0.05, 0) is 31.2 Å². The molecule has 134 valence electrons. The quantitative estimate of drug-likeness (QED) is 0.571. The second-order valence-electron chi connectivity index (χ2n) is 5.61. The van der Waals surface area contributed by atoms with Gasteiger partial charge < -0.3 is 11.1 Å². The summed E-state index contributed by atoms with van der Waals surface area (Å²) in [5, 5.41) is 6.16. The molecule has 0 saturated carbocycles. The molecule has 0 atom stereocenters. The van der Waals surface area contributed by atoms with Crippen LogP contribution in [-0.4, -0.2) is 15.7 Å². The highest BCUT2D eigenvalue weighted by Gasteiger charge is 2.29. The van der Waals surface area contributed by atoms with Gasteiger partial charge in [0.2, 0.25) is 0 Å². The van der Waals surface area contributed by atoms with E-state index >= 15 is 0 Å². The number of carbonyl (C=O) groups excluding carboxylic acids is 1. The summed E-state index contributed by atoms with van der Waals surface area (Å²) in [4.78, 5) is 11.9. The van der Waals surface area contributed by atoms with Gasteiger partial charge in [0.05, 0.1) is 10.6 Å². The van der Waals surface area contributed by atoms with Gasteiger partial charge in [0.15, 0.2) is 0 Å². The summed E-state index contributed by atoms with van der Waals surface area (Å²) >= 11 is 3.96. The van der Waals surface area contributed by atoms with E-state index in [4.69, 9.17) is 5.73 Å². The standard InChI is InChI=1S/C16H17F3N4OS/c1-8(20)14(25)15(24)21-9-4-5-10(11(17)6-9)12-7-13(16(2,18)19)22-23(12)3/h4-7,25H,20H2,1-3H3,(H,21,24)/b14-8-. The highest BCUT2D eigenvalue weighted by Crippen LogP contribution is 2.31. The van der Waals surface area contributed by atoms with Crippen LogP contribution in [0.25, 0.3) is 11.3 Å². The topological polar surface area (TPSA) is 72.9 Å². The number of anilines is 1. The van der Waals surface area contributed by atoms with Gasteiger partial charge in [0, 0.05) is 30.9 Å². The number of alkyl halides is 2. The first-order chi connectivity index (χ1) is 11.5. The molecule has 1 aromatic heterocycles. The molecule has 0 unspecified atom stereocenters. The molecule has 0 aliphatic heterocycles. The summed E-state index contributed by atoms with van der Waals surface area (Å²) < 4.78 is 42.3. The molecule has 25 heavy (non-hydrogen) atoms. The number of amides is 1. The molecule has 0 radical (unpaired) electrons. The molecule has 0 spiro atoms. The summed E-state index contributed by atoms with van der Waals surface area (Å²) in [5.74, 6) is -4.40. The lowest BCUT2D eigenvalue weighted by Gasteiger charge is -2.09. The Kier molecular flexibility index (Phi) is 5.17. The fourth-order valence-electron chi connectivity index (χ4n) is 2.10. The average molecular weight is 370 g/mol. The van der Waals surface area contributed by atoms with E-state index in [1.807, 2.05) is 0 Å². The predicted octanol–water partition coefficient (Wildman–Crippen LogP) is 3.40. The number of nitrogens with zero attached hydrogens (tertiary/aromatic N) is 2. The van der Waals surface area contributed by atoms with Crippen molar-refractivity contribution in [1.82, 2.24) is 9.78 Å². The van der Waals surface area contributed by atoms with E-state index in [1.54, 1.807) is 0 Å². The van der Waals surface area contributed by atoms with Crippen LogP contribution in [0.1, 0.15) is 19.5 Å². The Labute approximate surface area is 148 Å². The molecule has 9 heteroatoms. The molecule has 5 nitrogen and oxygen atoms in total. The first-order valence-corrected chi connectivity index (χ1v) is 7.64. The number of halogens is 3. The smallest absolute Gasteiger partial charge is 0.288 e. The maximum absolute atomic E-state index is 14.4. The molecule has 2 rings (SSSR count). The molecule has 1 amide bonds. The van der Waals surface area contributed by atoms with E-state index < -0.39 is 23.3 Å². The van der Waals surface area contributed by atoms with E-state index in [2.05, 4.69) is 23.0 Å². The molecule has 0 bridgehead atoms. The van der Waals surface area contributed by atoms with Crippen molar-refractivity contribution in [3.8, 4) is 11.3 Å². The van der Waals surface area contributed by atoms with Crippen LogP contribution in [0.15, 0.2) is 34.9 Å². The van der Waals surface area contributed by atoms with Crippen molar-refractivity contribution in [1.29, 1.82) is 0 Å². The minimum atomic E-state index is -3.13. The summed E-state index contributed by atoms with van der Waals surface area (Å²) in [7, 11) is 1.45. The van der Waals surface area contributed by atoms with Gasteiger partial charge in [0.25, 0.3) is 11.8 Å². The van der Waals surface area contributed by atoms with Gasteiger partial charge in [-0.15, -0.1) is 12.6 Å². The number of hydrogen-bond donors (Lipinski definition) is 3. The fraction of sp³-hybridized carbons (Fsp3) is 0.250. The Morgan fingerprint density at radius 2 is 2.00 bits per heavy atom. The van der Waals surface area contributed by atoms with Crippen molar-refractivity contribution in [2.75, 3.05) is 5.32 Å². The summed E-state index contributed by atoms with van der Waals surface area (Å²) in [6, 6.07) is 5.02. The molecular weight excluding hydrogens is 353 g/mol. The minimum Gasteiger partial charge on any atom is -0.401 e. The average Bonchev–Trinajstić information content (AvgIpc) is 2.88. The number of hydrogen-bond acceptors (Lipinski definition) is 4. The molecule has 0 aliphatic carbocycles. The van der Waals surface area contributed by atoms with Gasteiger partial charge in [-0.3, -0.25) is 9.48 Å². The lowest BCUT2D eigenvalue weighted by atomic mass is 10.1. The Hall–Kier alpha value is -2.42. The Bertz CT molecular complexity index is 852. The van der Waals surface area contributed by atoms with E-state index in [9.17, 15) is 18.0 Å². The van der Waals surface area contributed by atoms with Crippen LogP contribution in [-0.2, 0) is 17.8 Å². The Balaban J connectivity index is 2.34. The largest absolute Gasteiger partial charge is 0.401 e. The highest BCUT2D eigenvalue weighted by molar-refractivity contribution is 7.85. The third-order valence-electron chi connectivity index (χ3n) is 3.42. The number of benzene rings is 1. The molecule has 0 saturated heterocycles. The Morgan fingerprint density at radius 1 is 1.36 bits per heavy atom. The van der Waals surface area contributed by atoms with Crippen molar-refractivity contribution in [2.45, 2.75) is 19.8 Å². The highest BCUT2D eigenvalue weighted by atomic mass is 32.1. The van der Waals surface area contributed by atoms with Gasteiger partial charge in [-0.25, -0.2) is 4.39 Å². The second-order valence-corrected chi connectivity index (χ2v) is 6.05. The van der Waals surface area contributed by atoms with Gasteiger partial charge in [-0.2, -0.15) is 13.9 Å². The second kappa shape index (κ2) is 6.83. The number of rotatable bonds is 4. The molecule has 2 aromatic rings. The molecule has 3 N–H and O–H groups in total. The number of thiol groups is 1. The molecule has 0 aliphatic rings. The van der Waals surface area contributed by atoms with Gasteiger partial charge >= 0.3 is 0 Å². The summed E-state index contributed by atoms with van der Waals surface area (Å²) in [5.41, 5.74) is 5.70. The van der Waals surface area contributed by atoms with Crippen molar-refractivity contribution >= 4 is 24.2 Å². The summed E-state index contributed by atoms with van der Waals surface area (Å²) in [6.07, 6.45) is 0. The third kappa shape index (κ3) is 4.16. The third-order valence-corrected chi connectivity index (χ3v) is 3.98. The molecular formula is C16H17F3N4OS. The number of nitrogens with two attached hydrogens (primary N) is 1. The van der Waals surface area contributed by atoms with Crippen LogP contribution in [0.2, 0.25) is 0 Å². The maximum atomic E-state index is 14.4. The SMILES string of the molecule is C/C(N)=C(/S)C(=O)Nc1ccc(-c2cc(C(C)(F)F)nn2C)c(F)c1. The van der Waals surface area contributed by atoms with Crippen molar-refractivity contribution in [3.05, 3.63) is 46.4 Å². The normalized spacial score (nSPS) is 12.8. The van der Waals surface area contributed by atoms with Crippen LogP contribution in [0, 0.1) is 5.82 Å². The number of allylic oxidation sites excluding steroid dienone is 1. The molecule has 0 fully saturated rings. The molecule has 1 heterocycles. The molecule has 1 aromatic carbocycles. The lowest BCUT2D eigenvalue weighted by Crippen LogP contribution is -2.15. The van der Waals surface area contributed by atoms with E-state index in [-0.39, 0.29) is 27.5 Å². The maximum Gasteiger partial charge on any atom is 0.288 e. The zero-order valence-corrected chi connectivity index (χ0v) is 14.7. The predicted molar refractivity (Wildman–Crippen MR) is 92.7 cm³/mol. The number of carbonyl (C=O) groups is 1. The van der Waals surface area contributed by atoms with Crippen LogP contribution < -0.4 is 11.1 Å². The zero-order chi connectivity index (χ0) is 18.9. The van der Waals surface area contributed by atoms with Crippen molar-refractivity contribution in [3.63, 3.8) is 0 Å². The minimum absolute atomic E-state index is 0.0194. The monoisotopic (exact) mass is 370 g/mol. The van der Waals surface area contributed by atoms with E-state index in [0.29, 0.717) is 0 Å². The lowest BCUT2D eigenvalue weighted by molar-refractivity contribution is -0.112. The van der Waals surface area contributed by atoms with Crippen LogP contribution >= 0.6 is 12.6 Å². The van der Waals surface area contributed by atoms with E-state index in [0.717, 1.165) is 19.1 Å². The van der Waals surface area contributed by atoms with Crippen LogP contribution in [0.5, 0.6) is 0 Å². The van der Waals surface area contributed by atoms with Gasteiger partial charge in [0.1, 0.15) is 11.5 Å². The fourth-order valence-corrected chi connectivity index (χ4v) is 2.16. The number of aryl methyl sites for hydroxylation is 1. The Morgan fingerprint density at radius 3 is 2.48 bits per heavy atom. The first kappa shape index (κ1) is 18.9.